The molecular weight excluding hydrogens is 319 g/mol. The van der Waals surface area contributed by atoms with Gasteiger partial charge in [0.15, 0.2) is 0 Å². The molecule has 0 aliphatic rings. The molecule has 1 rings (SSSR count). The summed E-state index contributed by atoms with van der Waals surface area (Å²) in [4.78, 5) is 22.0. The van der Waals surface area contributed by atoms with Gasteiger partial charge in [-0.3, -0.25) is 4.79 Å². The minimum Gasteiger partial charge on any atom is -0.508 e. The van der Waals surface area contributed by atoms with E-state index >= 15 is 0 Å². The summed E-state index contributed by atoms with van der Waals surface area (Å²) >= 11 is 10.9. The van der Waals surface area contributed by atoms with Gasteiger partial charge in [0.05, 0.1) is 11.2 Å². The standard InChI is InChI=1S/C13H12Cl2N2O4/c14-10(12(15)13(20)21)7-16-17-11(19)6-3-8-1-4-9(18)5-2-8/h1-2,4-5,7,18H,3,6H2,(H,17,19)(H,20,21)/b12-10+,16-7+. The van der Waals surface area contributed by atoms with Crippen LogP contribution < -0.4 is 5.43 Å². The van der Waals surface area contributed by atoms with Crippen LogP contribution in [0.3, 0.4) is 0 Å². The van der Waals surface area contributed by atoms with Crippen molar-refractivity contribution in [2.75, 3.05) is 0 Å². The van der Waals surface area contributed by atoms with E-state index in [1.165, 1.54) is 12.1 Å². The fourth-order valence-corrected chi connectivity index (χ4v) is 1.47. The first-order valence-corrected chi connectivity index (χ1v) is 6.54. The lowest BCUT2D eigenvalue weighted by atomic mass is 10.1. The van der Waals surface area contributed by atoms with Crippen molar-refractivity contribution in [2.24, 2.45) is 5.10 Å². The molecule has 21 heavy (non-hydrogen) atoms. The molecule has 0 fully saturated rings. The Morgan fingerprint density at radius 1 is 1.24 bits per heavy atom. The molecule has 0 radical (unpaired) electrons. The summed E-state index contributed by atoms with van der Waals surface area (Å²) in [5.41, 5.74) is 3.09. The van der Waals surface area contributed by atoms with E-state index in [4.69, 9.17) is 33.4 Å². The summed E-state index contributed by atoms with van der Waals surface area (Å²) in [6.45, 7) is 0. The number of aliphatic carboxylic acids is 1. The van der Waals surface area contributed by atoms with Crippen LogP contribution in [-0.4, -0.2) is 28.3 Å². The Hall–Kier alpha value is -2.05. The lowest BCUT2D eigenvalue weighted by Crippen LogP contribution is -2.17. The van der Waals surface area contributed by atoms with Gasteiger partial charge in [-0.2, -0.15) is 5.10 Å². The molecule has 0 aromatic heterocycles. The van der Waals surface area contributed by atoms with Crippen molar-refractivity contribution < 1.29 is 19.8 Å². The Morgan fingerprint density at radius 2 is 1.86 bits per heavy atom. The predicted octanol–water partition coefficient (Wildman–Crippen LogP) is 2.20. The van der Waals surface area contributed by atoms with E-state index in [0.717, 1.165) is 11.8 Å². The lowest BCUT2D eigenvalue weighted by molar-refractivity contribution is -0.131. The smallest absolute Gasteiger partial charge is 0.348 e. The van der Waals surface area contributed by atoms with Crippen molar-refractivity contribution in [1.29, 1.82) is 0 Å². The van der Waals surface area contributed by atoms with Crippen molar-refractivity contribution in [3.63, 3.8) is 0 Å². The number of carboxylic acid groups (broad SMARTS) is 1. The third-order valence-corrected chi connectivity index (χ3v) is 3.09. The van der Waals surface area contributed by atoms with Crippen LogP contribution in [0, 0.1) is 0 Å². The van der Waals surface area contributed by atoms with Crippen molar-refractivity contribution >= 4 is 41.3 Å². The Balaban J connectivity index is 2.43. The Bertz CT molecular complexity index is 582. The minimum atomic E-state index is -1.38. The third-order valence-electron chi connectivity index (χ3n) is 2.34. The number of nitrogens with one attached hydrogen (secondary N) is 1. The molecule has 1 aromatic carbocycles. The van der Waals surface area contributed by atoms with E-state index in [1.54, 1.807) is 12.1 Å². The van der Waals surface area contributed by atoms with Gasteiger partial charge in [0, 0.05) is 6.42 Å². The van der Waals surface area contributed by atoms with Gasteiger partial charge in [-0.1, -0.05) is 35.3 Å². The van der Waals surface area contributed by atoms with Gasteiger partial charge in [-0.05, 0) is 24.1 Å². The highest BCUT2D eigenvalue weighted by molar-refractivity contribution is 6.51. The summed E-state index contributed by atoms with van der Waals surface area (Å²) in [5, 5.41) is 20.3. The van der Waals surface area contributed by atoms with E-state index in [9.17, 15) is 9.59 Å². The highest BCUT2D eigenvalue weighted by Gasteiger charge is 2.08. The monoisotopic (exact) mass is 330 g/mol. The second kappa shape index (κ2) is 8.28. The minimum absolute atomic E-state index is 0.157. The predicted molar refractivity (Wildman–Crippen MR) is 79.4 cm³/mol. The van der Waals surface area contributed by atoms with Crippen LogP contribution in [0.4, 0.5) is 0 Å². The number of aromatic hydroxyl groups is 1. The highest BCUT2D eigenvalue weighted by atomic mass is 35.5. The van der Waals surface area contributed by atoms with Gasteiger partial charge in [0.2, 0.25) is 5.91 Å². The summed E-state index contributed by atoms with van der Waals surface area (Å²) in [5.74, 6) is -1.59. The number of phenols is 1. The molecule has 112 valence electrons. The molecule has 1 amide bonds. The molecule has 0 saturated carbocycles. The molecule has 1 aromatic rings. The molecule has 0 aliphatic heterocycles. The fourth-order valence-electron chi connectivity index (χ4n) is 1.30. The van der Waals surface area contributed by atoms with E-state index < -0.39 is 11.0 Å². The van der Waals surface area contributed by atoms with Gasteiger partial charge in [-0.25, -0.2) is 10.2 Å². The molecule has 0 heterocycles. The maximum absolute atomic E-state index is 11.5. The lowest BCUT2D eigenvalue weighted by Gasteiger charge is -2.01. The molecule has 0 unspecified atom stereocenters. The number of benzene rings is 1. The van der Waals surface area contributed by atoms with Gasteiger partial charge in [-0.15, -0.1) is 0 Å². The van der Waals surface area contributed by atoms with Crippen molar-refractivity contribution in [3.05, 3.63) is 39.9 Å². The quantitative estimate of drug-likeness (QED) is 0.423. The van der Waals surface area contributed by atoms with E-state index in [2.05, 4.69) is 10.5 Å². The first kappa shape index (κ1) is 17.0. The zero-order valence-electron chi connectivity index (χ0n) is 10.7. The summed E-state index contributed by atoms with van der Waals surface area (Å²) in [7, 11) is 0. The first-order chi connectivity index (χ1) is 9.90. The second-order valence-electron chi connectivity index (χ2n) is 3.93. The van der Waals surface area contributed by atoms with Gasteiger partial charge < -0.3 is 10.2 Å². The molecular formula is C13H12Cl2N2O4. The molecule has 0 bridgehead atoms. The molecule has 0 spiro atoms. The number of nitrogens with zero attached hydrogens (tertiary/aromatic N) is 1. The zero-order chi connectivity index (χ0) is 15.8. The summed E-state index contributed by atoms with van der Waals surface area (Å²) in [6.07, 6.45) is 1.59. The average Bonchev–Trinajstić information content (AvgIpc) is 2.45. The molecule has 0 atom stereocenters. The first-order valence-electron chi connectivity index (χ1n) is 5.78. The van der Waals surface area contributed by atoms with Gasteiger partial charge in [0.25, 0.3) is 0 Å². The molecule has 3 N–H and O–H groups in total. The SMILES string of the molecule is O=C(CCc1ccc(O)cc1)N/N=C/C(Cl)=C(\Cl)C(=O)O. The van der Waals surface area contributed by atoms with Crippen molar-refractivity contribution in [3.8, 4) is 5.75 Å². The maximum atomic E-state index is 11.5. The number of hydrogen-bond acceptors (Lipinski definition) is 4. The van der Waals surface area contributed by atoms with E-state index in [0.29, 0.717) is 6.42 Å². The van der Waals surface area contributed by atoms with Crippen LogP contribution in [0.1, 0.15) is 12.0 Å². The fraction of sp³-hybridized carbons (Fsp3) is 0.154. The molecule has 8 heteroatoms. The molecule has 0 saturated heterocycles. The summed E-state index contributed by atoms with van der Waals surface area (Å²) in [6, 6.07) is 6.48. The number of hydrazone groups is 1. The number of rotatable bonds is 6. The van der Waals surface area contributed by atoms with Gasteiger partial charge in [0.1, 0.15) is 10.8 Å². The second-order valence-corrected chi connectivity index (χ2v) is 4.71. The van der Waals surface area contributed by atoms with Gasteiger partial charge >= 0.3 is 5.97 Å². The third kappa shape index (κ3) is 6.29. The van der Waals surface area contributed by atoms with Crippen LogP contribution in [0.5, 0.6) is 5.75 Å². The normalized spacial score (nSPS) is 12.1. The van der Waals surface area contributed by atoms with Crippen LogP contribution in [0.15, 0.2) is 39.4 Å². The number of carboxylic acids is 1. The molecule has 6 nitrogen and oxygen atoms in total. The zero-order valence-corrected chi connectivity index (χ0v) is 12.2. The Morgan fingerprint density at radius 3 is 2.43 bits per heavy atom. The number of hydrogen-bond donors (Lipinski definition) is 3. The number of amides is 1. The van der Waals surface area contributed by atoms with Crippen molar-refractivity contribution in [1.82, 2.24) is 5.43 Å². The number of aryl methyl sites for hydroxylation is 1. The van der Waals surface area contributed by atoms with Crippen LogP contribution in [-0.2, 0) is 16.0 Å². The van der Waals surface area contributed by atoms with Crippen molar-refractivity contribution in [2.45, 2.75) is 12.8 Å². The summed E-state index contributed by atoms with van der Waals surface area (Å²) < 4.78 is 0. The highest BCUT2D eigenvalue weighted by Crippen LogP contribution is 2.12. The van der Waals surface area contributed by atoms with E-state index in [-0.39, 0.29) is 23.1 Å². The number of allylic oxidation sites excluding steroid dienone is 1. The van der Waals surface area contributed by atoms with Crippen LogP contribution >= 0.6 is 23.2 Å². The Kier molecular flexibility index (Phi) is 6.71. The maximum Gasteiger partial charge on any atom is 0.348 e. The van der Waals surface area contributed by atoms with Crippen LogP contribution in [0.25, 0.3) is 0 Å². The van der Waals surface area contributed by atoms with E-state index in [1.807, 2.05) is 0 Å². The Labute approximate surface area is 130 Å². The molecule has 0 aliphatic carbocycles. The average molecular weight is 331 g/mol. The van der Waals surface area contributed by atoms with Crippen LogP contribution in [0.2, 0.25) is 0 Å². The number of carbonyl (C=O) groups excluding carboxylic acids is 1. The number of carbonyl (C=O) groups is 2. The largest absolute Gasteiger partial charge is 0.508 e. The topological polar surface area (TPSA) is 99.0 Å². The number of phenolic OH excluding ortho intramolecular Hbond substituents is 1. The number of halogens is 2.